The summed E-state index contributed by atoms with van der Waals surface area (Å²) in [7, 11) is -2.03. The van der Waals surface area contributed by atoms with Crippen LogP contribution in [0.3, 0.4) is 0 Å². The van der Waals surface area contributed by atoms with Crippen LogP contribution in [0, 0.1) is 17.8 Å². The lowest BCUT2D eigenvalue weighted by molar-refractivity contribution is -0.116. The molecule has 0 bridgehead atoms. The summed E-state index contributed by atoms with van der Waals surface area (Å²) in [4.78, 5) is 11.3. The van der Waals surface area contributed by atoms with Gasteiger partial charge in [-0.2, -0.15) is 0 Å². The monoisotopic (exact) mass is 318 g/mol. The molecular formula is C16H34O4Si. The van der Waals surface area contributed by atoms with Crippen LogP contribution in [0.1, 0.15) is 41.5 Å². The highest BCUT2D eigenvalue weighted by molar-refractivity contribution is 6.74. The quantitative estimate of drug-likeness (QED) is 0.533. The van der Waals surface area contributed by atoms with Crippen LogP contribution < -0.4 is 0 Å². The van der Waals surface area contributed by atoms with Crippen LogP contribution in [0.2, 0.25) is 18.1 Å². The molecule has 0 saturated carbocycles. The van der Waals surface area contributed by atoms with Crippen molar-refractivity contribution in [1.82, 2.24) is 0 Å². The van der Waals surface area contributed by atoms with Gasteiger partial charge in [0.2, 0.25) is 0 Å². The Labute approximate surface area is 131 Å². The maximum Gasteiger partial charge on any atom is 0.192 e. The van der Waals surface area contributed by atoms with E-state index in [1.165, 1.54) is 0 Å². The maximum atomic E-state index is 11.3. The molecule has 1 unspecified atom stereocenters. The van der Waals surface area contributed by atoms with E-state index in [1.54, 1.807) is 6.92 Å². The van der Waals surface area contributed by atoms with E-state index in [0.717, 1.165) is 6.29 Å². The highest BCUT2D eigenvalue weighted by atomic mass is 28.4. The Balaban J connectivity index is 5.27. The van der Waals surface area contributed by atoms with Gasteiger partial charge in [-0.3, -0.25) is 0 Å². The number of carbonyl (C=O) groups excluding carboxylic acids is 1. The first kappa shape index (κ1) is 20.8. The molecular weight excluding hydrogens is 284 g/mol. The minimum absolute atomic E-state index is 0.0428. The third-order valence-corrected chi connectivity index (χ3v) is 9.37. The summed E-state index contributed by atoms with van der Waals surface area (Å²) in [5.74, 6) is -0.722. The van der Waals surface area contributed by atoms with Crippen LogP contribution in [0.5, 0.6) is 0 Å². The number of carbonyl (C=O) groups is 1. The Hall–Kier alpha value is -0.233. The molecule has 0 amide bonds. The van der Waals surface area contributed by atoms with Gasteiger partial charge in [0.05, 0.1) is 12.2 Å². The van der Waals surface area contributed by atoms with Crippen molar-refractivity contribution in [3.05, 3.63) is 0 Å². The molecule has 21 heavy (non-hydrogen) atoms. The summed E-state index contributed by atoms with van der Waals surface area (Å²) in [5, 5.41) is 19.6. The van der Waals surface area contributed by atoms with Gasteiger partial charge in [-0.15, -0.1) is 0 Å². The molecule has 0 aromatic rings. The molecule has 0 radical (unpaired) electrons. The van der Waals surface area contributed by atoms with Crippen molar-refractivity contribution in [3.8, 4) is 0 Å². The molecule has 0 rings (SSSR count). The molecule has 0 aliphatic carbocycles. The number of aliphatic hydroxyl groups excluding tert-OH is 2. The Morgan fingerprint density at radius 3 is 2.00 bits per heavy atom. The lowest BCUT2D eigenvalue weighted by Gasteiger charge is -2.43. The Morgan fingerprint density at radius 2 is 1.67 bits per heavy atom. The predicted octanol–water partition coefficient (Wildman–Crippen LogP) is 2.84. The fourth-order valence-electron chi connectivity index (χ4n) is 2.11. The molecule has 0 spiro atoms. The lowest BCUT2D eigenvalue weighted by atomic mass is 9.85. The largest absolute Gasteiger partial charge is 0.413 e. The zero-order chi connectivity index (χ0) is 17.0. The summed E-state index contributed by atoms with van der Waals surface area (Å²) >= 11 is 0. The van der Waals surface area contributed by atoms with E-state index in [0.29, 0.717) is 0 Å². The van der Waals surface area contributed by atoms with Gasteiger partial charge in [0.1, 0.15) is 6.29 Å². The van der Waals surface area contributed by atoms with Crippen LogP contribution in [-0.2, 0) is 9.22 Å². The fourth-order valence-corrected chi connectivity index (χ4v) is 3.57. The second-order valence-electron chi connectivity index (χ2n) is 7.85. The van der Waals surface area contributed by atoms with Crippen LogP contribution >= 0.6 is 0 Å². The van der Waals surface area contributed by atoms with Gasteiger partial charge in [-0.1, -0.05) is 41.5 Å². The first-order valence-corrected chi connectivity index (χ1v) is 10.7. The summed E-state index contributed by atoms with van der Waals surface area (Å²) in [5.41, 5.74) is 0. The Kier molecular flexibility index (Phi) is 7.77. The molecule has 0 aromatic heterocycles. The van der Waals surface area contributed by atoms with E-state index in [9.17, 15) is 15.0 Å². The van der Waals surface area contributed by atoms with Crippen LogP contribution in [-0.4, -0.2) is 43.6 Å². The van der Waals surface area contributed by atoms with Crippen molar-refractivity contribution in [1.29, 1.82) is 0 Å². The van der Waals surface area contributed by atoms with Gasteiger partial charge in [0.15, 0.2) is 8.32 Å². The normalized spacial score (nSPS) is 20.5. The Bertz CT molecular complexity index is 325. The minimum Gasteiger partial charge on any atom is -0.413 e. The van der Waals surface area contributed by atoms with Crippen molar-refractivity contribution in [3.63, 3.8) is 0 Å². The van der Waals surface area contributed by atoms with E-state index in [4.69, 9.17) is 4.43 Å². The molecule has 0 aliphatic rings. The third kappa shape index (κ3) is 5.47. The lowest BCUT2D eigenvalue weighted by Crippen LogP contribution is -2.50. The van der Waals surface area contributed by atoms with Crippen molar-refractivity contribution in [2.45, 2.75) is 71.9 Å². The van der Waals surface area contributed by atoms with Crippen molar-refractivity contribution >= 4 is 14.6 Å². The minimum atomic E-state index is -2.03. The topological polar surface area (TPSA) is 66.8 Å². The highest BCUT2D eigenvalue weighted by Crippen LogP contribution is 2.39. The fraction of sp³-hybridized carbons (Fsp3) is 0.938. The van der Waals surface area contributed by atoms with Gasteiger partial charge in [-0.05, 0) is 18.1 Å². The molecule has 0 aliphatic heterocycles. The SMILES string of the molecule is CC(CO)[C@H](O)[C@@H](C)[C@H](O[Si](C)(C)C(C)(C)C)[C@H](C)C=O. The van der Waals surface area contributed by atoms with E-state index in [-0.39, 0.29) is 35.5 Å². The van der Waals surface area contributed by atoms with Crippen LogP contribution in [0.15, 0.2) is 0 Å². The average molecular weight is 319 g/mol. The summed E-state index contributed by atoms with van der Waals surface area (Å²) in [6.45, 7) is 16.2. The molecule has 0 fully saturated rings. The van der Waals surface area contributed by atoms with Crippen LogP contribution in [0.25, 0.3) is 0 Å². The highest BCUT2D eigenvalue weighted by Gasteiger charge is 2.42. The Morgan fingerprint density at radius 1 is 1.19 bits per heavy atom. The number of hydrogen-bond donors (Lipinski definition) is 2. The first-order chi connectivity index (χ1) is 9.39. The van der Waals surface area contributed by atoms with Gasteiger partial charge >= 0.3 is 0 Å². The molecule has 5 atom stereocenters. The first-order valence-electron chi connectivity index (χ1n) is 7.81. The van der Waals surface area contributed by atoms with Crippen molar-refractivity contribution < 1.29 is 19.4 Å². The number of rotatable bonds is 8. The van der Waals surface area contributed by atoms with Crippen LogP contribution in [0.4, 0.5) is 0 Å². The van der Waals surface area contributed by atoms with E-state index in [2.05, 4.69) is 33.9 Å². The summed E-state index contributed by atoms with van der Waals surface area (Å²) in [6.07, 6.45) is -0.121. The molecule has 0 heterocycles. The predicted molar refractivity (Wildman–Crippen MR) is 88.7 cm³/mol. The van der Waals surface area contributed by atoms with E-state index >= 15 is 0 Å². The molecule has 0 aromatic carbocycles. The van der Waals surface area contributed by atoms with Gasteiger partial charge in [0, 0.05) is 24.4 Å². The van der Waals surface area contributed by atoms with Crippen molar-refractivity contribution in [2.24, 2.45) is 17.8 Å². The van der Waals surface area contributed by atoms with Crippen molar-refractivity contribution in [2.75, 3.05) is 6.61 Å². The molecule has 4 nitrogen and oxygen atoms in total. The molecule has 126 valence electrons. The zero-order valence-electron chi connectivity index (χ0n) is 14.9. The van der Waals surface area contributed by atoms with Gasteiger partial charge in [-0.25, -0.2) is 0 Å². The maximum absolute atomic E-state index is 11.3. The second kappa shape index (κ2) is 7.86. The number of aldehydes is 1. The number of aliphatic hydroxyl groups is 2. The smallest absolute Gasteiger partial charge is 0.192 e. The average Bonchev–Trinajstić information content (AvgIpc) is 2.40. The van der Waals surface area contributed by atoms with Gasteiger partial charge in [0.25, 0.3) is 0 Å². The van der Waals surface area contributed by atoms with Gasteiger partial charge < -0.3 is 19.4 Å². The second-order valence-corrected chi connectivity index (χ2v) is 12.6. The molecule has 5 heteroatoms. The molecule has 2 N–H and O–H groups in total. The third-order valence-electron chi connectivity index (χ3n) is 4.90. The summed E-state index contributed by atoms with van der Waals surface area (Å²) < 4.78 is 6.40. The number of hydrogen-bond acceptors (Lipinski definition) is 4. The summed E-state index contributed by atoms with van der Waals surface area (Å²) in [6, 6.07) is 0. The zero-order valence-corrected chi connectivity index (χ0v) is 15.9. The van der Waals surface area contributed by atoms with E-state index in [1.807, 2.05) is 13.8 Å². The standard InChI is InChI=1S/C16H34O4Si/c1-11(9-17)14(19)13(3)15(12(2)10-18)20-21(7,8)16(4,5)6/h10-15,17,19H,9H2,1-8H3/t11?,12-,13-,14+,15-/m1/s1. The molecule has 0 saturated heterocycles. The van der Waals surface area contributed by atoms with E-state index < -0.39 is 14.4 Å².